The largest absolute Gasteiger partial charge is 0.458 e. The summed E-state index contributed by atoms with van der Waals surface area (Å²) in [6, 6.07) is 6.72. The quantitative estimate of drug-likeness (QED) is 0.496. The van der Waals surface area contributed by atoms with Crippen molar-refractivity contribution in [2.75, 3.05) is 11.9 Å². The molecule has 6 nitrogen and oxygen atoms in total. The molecule has 1 unspecified atom stereocenters. The van der Waals surface area contributed by atoms with E-state index in [-0.39, 0.29) is 6.54 Å². The van der Waals surface area contributed by atoms with Crippen molar-refractivity contribution < 1.29 is 14.5 Å². The van der Waals surface area contributed by atoms with Crippen molar-refractivity contribution in [3.63, 3.8) is 0 Å². The van der Waals surface area contributed by atoms with E-state index in [2.05, 4.69) is 5.32 Å². The Morgan fingerprint density at radius 3 is 2.70 bits per heavy atom. The van der Waals surface area contributed by atoms with Crippen LogP contribution in [0.25, 0.3) is 0 Å². The number of ether oxygens (including phenoxy) is 1. The minimum Gasteiger partial charge on any atom is -0.458 e. The number of benzene rings is 1. The van der Waals surface area contributed by atoms with Crippen molar-refractivity contribution in [2.24, 2.45) is 0 Å². The molecule has 0 bridgehead atoms. The number of hydrogen-bond donors (Lipinski definition) is 1. The first-order valence-electron chi connectivity index (χ1n) is 6.10. The summed E-state index contributed by atoms with van der Waals surface area (Å²) in [5.74, 6) is -0.868. The molecule has 0 spiro atoms. The summed E-state index contributed by atoms with van der Waals surface area (Å²) in [4.78, 5) is 22.4. The highest BCUT2D eigenvalue weighted by Crippen LogP contribution is 2.18. The van der Waals surface area contributed by atoms with E-state index < -0.39 is 22.5 Å². The monoisotopic (exact) mass is 300 g/mol. The van der Waals surface area contributed by atoms with Gasteiger partial charge in [0.15, 0.2) is 0 Å². The molecule has 1 N–H and O–H groups in total. The van der Waals surface area contributed by atoms with Crippen molar-refractivity contribution in [3.8, 4) is 0 Å². The van der Waals surface area contributed by atoms with Crippen molar-refractivity contribution in [1.82, 2.24) is 0 Å². The summed E-state index contributed by atoms with van der Waals surface area (Å²) < 4.78 is 4.94. The smallest absolute Gasteiger partial charge is 0.386 e. The van der Waals surface area contributed by atoms with Gasteiger partial charge >= 0.3 is 11.5 Å². The molecule has 0 aliphatic heterocycles. The number of nitro groups is 1. The van der Waals surface area contributed by atoms with Gasteiger partial charge in [-0.1, -0.05) is 17.7 Å². The lowest BCUT2D eigenvalue weighted by Gasteiger charge is -2.21. The average Bonchev–Trinajstić information content (AvgIpc) is 2.34. The second-order valence-electron chi connectivity index (χ2n) is 4.85. The average molecular weight is 301 g/mol. The summed E-state index contributed by atoms with van der Waals surface area (Å²) in [6.45, 7) is 4.33. The Balaban J connectivity index is 2.82. The van der Waals surface area contributed by atoms with Crippen LogP contribution < -0.4 is 5.32 Å². The van der Waals surface area contributed by atoms with E-state index in [9.17, 15) is 14.9 Å². The standard InChI is InChI=1S/C13H17ClN2O4/c1-9(2)20-12(17)13(3,16(18)19)8-15-11-6-4-5-10(14)7-11/h4-7,9,15H,8H2,1-3H3. The summed E-state index contributed by atoms with van der Waals surface area (Å²) in [7, 11) is 0. The molecular weight excluding hydrogens is 284 g/mol. The van der Waals surface area contributed by atoms with Crippen LogP contribution in [0.5, 0.6) is 0 Å². The zero-order valence-corrected chi connectivity index (χ0v) is 12.3. The molecule has 20 heavy (non-hydrogen) atoms. The fraction of sp³-hybridized carbons (Fsp3) is 0.462. The van der Waals surface area contributed by atoms with E-state index in [1.807, 2.05) is 0 Å². The van der Waals surface area contributed by atoms with Crippen LogP contribution in [-0.2, 0) is 9.53 Å². The second-order valence-corrected chi connectivity index (χ2v) is 5.29. The SMILES string of the molecule is CC(C)OC(=O)C(C)(CNc1cccc(Cl)c1)[N+](=O)[O-]. The van der Waals surface area contributed by atoms with Gasteiger partial charge < -0.3 is 10.1 Å². The number of anilines is 1. The molecule has 0 heterocycles. The van der Waals surface area contributed by atoms with Crippen LogP contribution in [0.1, 0.15) is 20.8 Å². The molecule has 0 fully saturated rings. The molecule has 7 heteroatoms. The van der Waals surface area contributed by atoms with Gasteiger partial charge in [0.2, 0.25) is 0 Å². The minimum atomic E-state index is -1.85. The van der Waals surface area contributed by atoms with Gasteiger partial charge in [0, 0.05) is 22.6 Å². The maximum atomic E-state index is 11.9. The Morgan fingerprint density at radius 1 is 1.55 bits per heavy atom. The molecule has 0 aliphatic rings. The van der Waals surface area contributed by atoms with Crippen molar-refractivity contribution >= 4 is 23.3 Å². The Morgan fingerprint density at radius 2 is 2.20 bits per heavy atom. The number of carbonyl (C=O) groups excluding carboxylic acids is 1. The van der Waals surface area contributed by atoms with Crippen LogP contribution in [0.2, 0.25) is 5.02 Å². The van der Waals surface area contributed by atoms with E-state index >= 15 is 0 Å². The van der Waals surface area contributed by atoms with Crippen molar-refractivity contribution in [2.45, 2.75) is 32.4 Å². The number of halogens is 1. The maximum Gasteiger partial charge on any atom is 0.386 e. The summed E-state index contributed by atoms with van der Waals surface area (Å²) >= 11 is 5.82. The highest BCUT2D eigenvalue weighted by atomic mass is 35.5. The van der Waals surface area contributed by atoms with Crippen LogP contribution in [0, 0.1) is 10.1 Å². The third-order valence-corrected chi connectivity index (χ3v) is 2.88. The molecule has 0 radical (unpaired) electrons. The molecule has 0 saturated heterocycles. The van der Waals surface area contributed by atoms with Crippen LogP contribution in [-0.4, -0.2) is 29.1 Å². The summed E-state index contributed by atoms with van der Waals surface area (Å²) in [6.07, 6.45) is -0.409. The van der Waals surface area contributed by atoms with Gasteiger partial charge in [-0.05, 0) is 32.0 Å². The Bertz CT molecular complexity index is 507. The van der Waals surface area contributed by atoms with Gasteiger partial charge in [0.25, 0.3) is 0 Å². The number of esters is 1. The Hall–Kier alpha value is -1.82. The highest BCUT2D eigenvalue weighted by molar-refractivity contribution is 6.30. The van der Waals surface area contributed by atoms with Crippen molar-refractivity contribution in [1.29, 1.82) is 0 Å². The Labute approximate surface area is 122 Å². The Kier molecular flexibility index (Phi) is 5.33. The molecule has 1 atom stereocenters. The van der Waals surface area contributed by atoms with Gasteiger partial charge in [-0.3, -0.25) is 10.1 Å². The predicted molar refractivity (Wildman–Crippen MR) is 76.6 cm³/mol. The first-order chi connectivity index (χ1) is 9.25. The van der Waals surface area contributed by atoms with Gasteiger partial charge in [-0.15, -0.1) is 0 Å². The van der Waals surface area contributed by atoms with Crippen molar-refractivity contribution in [3.05, 3.63) is 39.4 Å². The number of nitrogens with one attached hydrogen (secondary N) is 1. The first kappa shape index (κ1) is 16.2. The third kappa shape index (κ3) is 4.09. The minimum absolute atomic E-state index is 0.189. The van der Waals surface area contributed by atoms with E-state index in [1.165, 1.54) is 6.92 Å². The molecular formula is C13H17ClN2O4. The zero-order chi connectivity index (χ0) is 15.3. The molecule has 0 amide bonds. The van der Waals surface area contributed by atoms with E-state index in [0.29, 0.717) is 10.7 Å². The number of carbonyl (C=O) groups is 1. The molecule has 0 saturated carbocycles. The normalized spacial score (nSPS) is 13.7. The van der Waals surface area contributed by atoms with E-state index in [4.69, 9.17) is 16.3 Å². The van der Waals surface area contributed by atoms with Gasteiger partial charge in [-0.2, -0.15) is 0 Å². The number of hydrogen-bond acceptors (Lipinski definition) is 5. The molecule has 0 aromatic heterocycles. The van der Waals surface area contributed by atoms with Gasteiger partial charge in [0.1, 0.15) is 0 Å². The highest BCUT2D eigenvalue weighted by Gasteiger charge is 2.48. The van der Waals surface area contributed by atoms with Gasteiger partial charge in [-0.25, -0.2) is 4.79 Å². The van der Waals surface area contributed by atoms with Crippen LogP contribution in [0.3, 0.4) is 0 Å². The lowest BCUT2D eigenvalue weighted by Crippen LogP contribution is -2.50. The van der Waals surface area contributed by atoms with E-state index in [1.54, 1.807) is 38.1 Å². The van der Waals surface area contributed by atoms with Crippen LogP contribution in [0.4, 0.5) is 5.69 Å². The van der Waals surface area contributed by atoms with Crippen LogP contribution in [0.15, 0.2) is 24.3 Å². The fourth-order valence-electron chi connectivity index (χ4n) is 1.42. The first-order valence-corrected chi connectivity index (χ1v) is 6.48. The summed E-state index contributed by atoms with van der Waals surface area (Å²) in [5.41, 5.74) is -1.25. The molecule has 1 rings (SSSR count). The predicted octanol–water partition coefficient (Wildman–Crippen LogP) is 2.74. The van der Waals surface area contributed by atoms with E-state index in [0.717, 1.165) is 0 Å². The van der Waals surface area contributed by atoms with Gasteiger partial charge in [0.05, 0.1) is 12.6 Å². The molecule has 110 valence electrons. The number of rotatable bonds is 6. The van der Waals surface area contributed by atoms with Crippen LogP contribution >= 0.6 is 11.6 Å². The lowest BCUT2D eigenvalue weighted by molar-refractivity contribution is -0.547. The lowest BCUT2D eigenvalue weighted by atomic mass is 10.0. The third-order valence-electron chi connectivity index (χ3n) is 2.65. The zero-order valence-electron chi connectivity index (χ0n) is 11.6. The topological polar surface area (TPSA) is 81.5 Å². The fourth-order valence-corrected chi connectivity index (χ4v) is 1.62. The molecule has 0 aliphatic carbocycles. The second kappa shape index (κ2) is 6.56. The molecule has 1 aromatic rings. The number of nitrogens with zero attached hydrogens (tertiary/aromatic N) is 1. The summed E-state index contributed by atoms with van der Waals surface area (Å²) in [5, 5.41) is 14.5. The maximum absolute atomic E-state index is 11.9. The molecule has 1 aromatic carbocycles.